The number of carbonyl (C=O) groups excluding carboxylic acids is 2. The standard InChI is InChI=1S/C30H20ClNO5/c31-21-11-14-26(25(15-21)30(35)20-9-5-2-6-10-20)32-28(33)18-36-22-12-13-23-24(19-7-3-1-4-8-19)17-29(34)37-27(23)16-22/h1-17H,18H2,(H,32,33). The van der Waals surface area contributed by atoms with Gasteiger partial charge in [0.15, 0.2) is 12.4 Å². The van der Waals surface area contributed by atoms with Gasteiger partial charge in [-0.3, -0.25) is 9.59 Å². The Morgan fingerprint density at radius 1 is 0.838 bits per heavy atom. The predicted octanol–water partition coefficient (Wildman–Crippen LogP) is 6.36. The molecule has 0 bridgehead atoms. The smallest absolute Gasteiger partial charge is 0.336 e. The van der Waals surface area contributed by atoms with Crippen molar-refractivity contribution in [2.45, 2.75) is 0 Å². The van der Waals surface area contributed by atoms with Crippen LogP contribution in [0.15, 0.2) is 112 Å². The molecule has 4 aromatic carbocycles. The van der Waals surface area contributed by atoms with E-state index in [1.807, 2.05) is 36.4 Å². The van der Waals surface area contributed by atoms with E-state index < -0.39 is 11.5 Å². The molecule has 0 aliphatic carbocycles. The van der Waals surface area contributed by atoms with Gasteiger partial charge in [-0.05, 0) is 41.5 Å². The van der Waals surface area contributed by atoms with Crippen LogP contribution < -0.4 is 15.7 Å². The molecule has 0 aliphatic rings. The van der Waals surface area contributed by atoms with Gasteiger partial charge in [0.1, 0.15) is 11.3 Å². The van der Waals surface area contributed by atoms with E-state index >= 15 is 0 Å². The van der Waals surface area contributed by atoms with E-state index in [-0.39, 0.29) is 18.0 Å². The number of carbonyl (C=O) groups is 2. The minimum Gasteiger partial charge on any atom is -0.484 e. The summed E-state index contributed by atoms with van der Waals surface area (Å²) in [7, 11) is 0. The molecular weight excluding hydrogens is 490 g/mol. The molecule has 1 N–H and O–H groups in total. The monoisotopic (exact) mass is 509 g/mol. The van der Waals surface area contributed by atoms with E-state index in [9.17, 15) is 14.4 Å². The topological polar surface area (TPSA) is 85.6 Å². The quantitative estimate of drug-likeness (QED) is 0.204. The number of ether oxygens (including phenoxy) is 1. The van der Waals surface area contributed by atoms with Crippen LogP contribution in [-0.4, -0.2) is 18.3 Å². The zero-order chi connectivity index (χ0) is 25.8. The highest BCUT2D eigenvalue weighted by atomic mass is 35.5. The van der Waals surface area contributed by atoms with Crippen LogP contribution in [0.5, 0.6) is 5.75 Å². The Morgan fingerprint density at radius 3 is 2.32 bits per heavy atom. The second-order valence-electron chi connectivity index (χ2n) is 8.23. The molecule has 0 radical (unpaired) electrons. The molecule has 0 spiro atoms. The number of ketones is 1. The van der Waals surface area contributed by atoms with Crippen molar-refractivity contribution >= 4 is 39.9 Å². The minimum atomic E-state index is -0.486. The zero-order valence-electron chi connectivity index (χ0n) is 19.4. The van der Waals surface area contributed by atoms with Gasteiger partial charge in [0, 0.05) is 33.7 Å². The molecule has 5 rings (SSSR count). The van der Waals surface area contributed by atoms with Crippen LogP contribution in [0.1, 0.15) is 15.9 Å². The number of hydrogen-bond acceptors (Lipinski definition) is 5. The Balaban J connectivity index is 1.33. The molecular formula is C30H20ClNO5. The summed E-state index contributed by atoms with van der Waals surface area (Å²) in [5.41, 5.74) is 2.56. The number of halogens is 1. The number of fused-ring (bicyclic) bond motifs is 1. The predicted molar refractivity (Wildman–Crippen MR) is 143 cm³/mol. The molecule has 0 saturated heterocycles. The SMILES string of the molecule is O=C(COc1ccc2c(-c3ccccc3)cc(=O)oc2c1)Nc1ccc(Cl)cc1C(=O)c1ccccc1. The van der Waals surface area contributed by atoms with Gasteiger partial charge in [0.2, 0.25) is 0 Å². The summed E-state index contributed by atoms with van der Waals surface area (Å²) < 4.78 is 11.0. The van der Waals surface area contributed by atoms with Gasteiger partial charge in [-0.1, -0.05) is 72.3 Å². The molecule has 37 heavy (non-hydrogen) atoms. The lowest BCUT2D eigenvalue weighted by molar-refractivity contribution is -0.118. The Bertz CT molecular complexity index is 1660. The second kappa shape index (κ2) is 10.5. The van der Waals surface area contributed by atoms with E-state index in [4.69, 9.17) is 20.8 Å². The van der Waals surface area contributed by atoms with Crippen molar-refractivity contribution in [2.24, 2.45) is 0 Å². The fraction of sp³-hybridized carbons (Fsp3) is 0.0333. The van der Waals surface area contributed by atoms with Gasteiger partial charge in [-0.2, -0.15) is 0 Å². The molecule has 1 aromatic heterocycles. The first-order valence-electron chi connectivity index (χ1n) is 11.4. The maximum atomic E-state index is 13.0. The van der Waals surface area contributed by atoms with E-state index in [0.717, 1.165) is 16.5 Å². The van der Waals surface area contributed by atoms with Crippen molar-refractivity contribution in [2.75, 3.05) is 11.9 Å². The summed E-state index contributed by atoms with van der Waals surface area (Å²) in [5, 5.41) is 3.84. The highest BCUT2D eigenvalue weighted by molar-refractivity contribution is 6.31. The van der Waals surface area contributed by atoms with Crippen LogP contribution in [0, 0.1) is 0 Å². The van der Waals surface area contributed by atoms with E-state index in [2.05, 4.69) is 5.32 Å². The first-order valence-corrected chi connectivity index (χ1v) is 11.8. The third kappa shape index (κ3) is 5.44. The van der Waals surface area contributed by atoms with Crippen LogP contribution in [0.2, 0.25) is 5.02 Å². The Labute approximate surface area is 217 Å². The highest BCUT2D eigenvalue weighted by Crippen LogP contribution is 2.30. The van der Waals surface area contributed by atoms with Crippen molar-refractivity contribution in [3.63, 3.8) is 0 Å². The number of hydrogen-bond donors (Lipinski definition) is 1. The van der Waals surface area contributed by atoms with Gasteiger partial charge in [-0.15, -0.1) is 0 Å². The number of anilines is 1. The molecule has 0 saturated carbocycles. The van der Waals surface area contributed by atoms with Crippen LogP contribution >= 0.6 is 11.6 Å². The summed E-state index contributed by atoms with van der Waals surface area (Å²) in [6, 6.07) is 29.4. The van der Waals surface area contributed by atoms with Gasteiger partial charge in [0.05, 0.1) is 5.69 Å². The van der Waals surface area contributed by atoms with Crippen LogP contribution in [-0.2, 0) is 4.79 Å². The fourth-order valence-corrected chi connectivity index (χ4v) is 4.16. The maximum absolute atomic E-state index is 13.0. The largest absolute Gasteiger partial charge is 0.484 e. The summed E-state index contributed by atoms with van der Waals surface area (Å²) >= 11 is 6.11. The minimum absolute atomic E-state index is 0.266. The fourth-order valence-electron chi connectivity index (χ4n) is 3.98. The number of benzene rings is 4. The first kappa shape index (κ1) is 24.0. The van der Waals surface area contributed by atoms with Crippen LogP contribution in [0.25, 0.3) is 22.1 Å². The highest BCUT2D eigenvalue weighted by Gasteiger charge is 2.17. The lowest BCUT2D eigenvalue weighted by Crippen LogP contribution is -2.21. The third-order valence-corrected chi connectivity index (χ3v) is 5.94. The lowest BCUT2D eigenvalue weighted by Gasteiger charge is -2.12. The molecule has 182 valence electrons. The Hall–Kier alpha value is -4.68. The van der Waals surface area contributed by atoms with Crippen LogP contribution in [0.4, 0.5) is 5.69 Å². The normalized spacial score (nSPS) is 10.7. The molecule has 0 atom stereocenters. The van der Waals surface area contributed by atoms with Gasteiger partial charge >= 0.3 is 5.63 Å². The average molecular weight is 510 g/mol. The van der Waals surface area contributed by atoms with Gasteiger partial charge < -0.3 is 14.5 Å². The summed E-state index contributed by atoms with van der Waals surface area (Å²) in [5.74, 6) is -0.380. The molecule has 6 nitrogen and oxygen atoms in total. The summed E-state index contributed by atoms with van der Waals surface area (Å²) in [4.78, 5) is 37.8. The van der Waals surface area contributed by atoms with Gasteiger partial charge in [0.25, 0.3) is 5.91 Å². The van der Waals surface area contributed by atoms with Crippen molar-refractivity contribution in [1.82, 2.24) is 0 Å². The molecule has 1 heterocycles. The Kier molecular flexibility index (Phi) is 6.83. The van der Waals surface area contributed by atoms with Crippen molar-refractivity contribution in [1.29, 1.82) is 0 Å². The van der Waals surface area contributed by atoms with Gasteiger partial charge in [-0.25, -0.2) is 4.79 Å². The molecule has 1 amide bonds. The van der Waals surface area contributed by atoms with E-state index in [1.165, 1.54) is 12.1 Å². The molecule has 0 fully saturated rings. The number of rotatable bonds is 7. The van der Waals surface area contributed by atoms with Crippen molar-refractivity contribution in [3.05, 3.63) is 130 Å². The van der Waals surface area contributed by atoms with Crippen molar-refractivity contribution in [3.8, 4) is 16.9 Å². The molecule has 0 aliphatic heterocycles. The average Bonchev–Trinajstić information content (AvgIpc) is 2.92. The maximum Gasteiger partial charge on any atom is 0.336 e. The summed E-state index contributed by atoms with van der Waals surface area (Å²) in [6.45, 7) is -0.324. The van der Waals surface area contributed by atoms with E-state index in [0.29, 0.717) is 27.6 Å². The molecule has 0 unspecified atom stereocenters. The van der Waals surface area contributed by atoms with Crippen molar-refractivity contribution < 1.29 is 18.7 Å². The lowest BCUT2D eigenvalue weighted by atomic mass is 10.0. The zero-order valence-corrected chi connectivity index (χ0v) is 20.2. The first-order chi connectivity index (χ1) is 18.0. The van der Waals surface area contributed by atoms with Crippen LogP contribution in [0.3, 0.4) is 0 Å². The Morgan fingerprint density at radius 2 is 1.57 bits per heavy atom. The number of nitrogens with one attached hydrogen (secondary N) is 1. The second-order valence-corrected chi connectivity index (χ2v) is 8.66. The third-order valence-electron chi connectivity index (χ3n) is 5.71. The number of amides is 1. The molecule has 5 aromatic rings. The molecule has 7 heteroatoms. The van der Waals surface area contributed by atoms with E-state index in [1.54, 1.807) is 54.6 Å². The summed E-state index contributed by atoms with van der Waals surface area (Å²) in [6.07, 6.45) is 0.